The summed E-state index contributed by atoms with van der Waals surface area (Å²) in [6.45, 7) is 0. The molecule has 2 nitrogen and oxygen atoms in total. The van der Waals surface area contributed by atoms with Gasteiger partial charge in [-0.3, -0.25) is 4.98 Å². The molecule has 0 aromatic carbocycles. The van der Waals surface area contributed by atoms with E-state index in [2.05, 4.69) is 20.9 Å². The van der Waals surface area contributed by atoms with Gasteiger partial charge in [0.1, 0.15) is 0 Å². The molecule has 58 valence electrons. The predicted octanol–water partition coefficient (Wildman–Crippen LogP) is 2.46. The predicted molar refractivity (Wildman–Crippen MR) is 48.0 cm³/mol. The molecule has 1 aromatic rings. The van der Waals surface area contributed by atoms with Gasteiger partial charge in [0.25, 0.3) is 0 Å². The van der Waals surface area contributed by atoms with Gasteiger partial charge in [-0.05, 0) is 33.6 Å². The SMILES string of the molecule is CO/C=C\c1cncc(Br)c1. The molecule has 0 aliphatic heterocycles. The molecule has 0 spiro atoms. The molecular formula is C8H8BrNO. The van der Waals surface area contributed by atoms with E-state index in [4.69, 9.17) is 4.74 Å². The maximum Gasteiger partial charge on any atom is 0.0831 e. The van der Waals surface area contributed by atoms with Gasteiger partial charge in [0.2, 0.25) is 0 Å². The van der Waals surface area contributed by atoms with Gasteiger partial charge in [-0.15, -0.1) is 0 Å². The average Bonchev–Trinajstić information content (AvgIpc) is 2.01. The Morgan fingerprint density at radius 2 is 2.36 bits per heavy atom. The average molecular weight is 214 g/mol. The van der Waals surface area contributed by atoms with E-state index >= 15 is 0 Å². The lowest BCUT2D eigenvalue weighted by molar-refractivity contribution is 0.341. The molecule has 11 heavy (non-hydrogen) atoms. The molecule has 3 heteroatoms. The van der Waals surface area contributed by atoms with Crippen LogP contribution >= 0.6 is 15.9 Å². The van der Waals surface area contributed by atoms with Gasteiger partial charge in [0.15, 0.2) is 0 Å². The Bertz CT molecular complexity index is 260. The molecule has 0 radical (unpaired) electrons. The Kier molecular flexibility index (Phi) is 3.11. The van der Waals surface area contributed by atoms with Crippen LogP contribution in [0, 0.1) is 0 Å². The number of ether oxygens (including phenoxy) is 1. The third kappa shape index (κ3) is 2.72. The molecule has 0 aliphatic carbocycles. The van der Waals surface area contributed by atoms with Gasteiger partial charge >= 0.3 is 0 Å². The molecule has 0 amide bonds. The standard InChI is InChI=1S/C8H8BrNO/c1-11-3-2-7-4-8(9)6-10-5-7/h2-6H,1H3/b3-2-. The van der Waals surface area contributed by atoms with Crippen molar-refractivity contribution in [1.29, 1.82) is 0 Å². The lowest BCUT2D eigenvalue weighted by Crippen LogP contribution is -1.76. The monoisotopic (exact) mass is 213 g/mol. The Morgan fingerprint density at radius 1 is 1.55 bits per heavy atom. The van der Waals surface area contributed by atoms with Crippen molar-refractivity contribution < 1.29 is 4.74 Å². The minimum atomic E-state index is 0.968. The van der Waals surface area contributed by atoms with E-state index in [1.165, 1.54) is 0 Å². The number of halogens is 1. The molecule has 0 N–H and O–H groups in total. The molecule has 0 bridgehead atoms. The summed E-state index contributed by atoms with van der Waals surface area (Å²) in [7, 11) is 1.61. The second-order valence-electron chi connectivity index (χ2n) is 1.97. The van der Waals surface area contributed by atoms with Gasteiger partial charge in [-0.1, -0.05) is 0 Å². The maximum atomic E-state index is 4.76. The normalized spacial score (nSPS) is 10.4. The summed E-state index contributed by atoms with van der Waals surface area (Å²) < 4.78 is 5.73. The minimum absolute atomic E-state index is 0.968. The number of hydrogen-bond donors (Lipinski definition) is 0. The minimum Gasteiger partial charge on any atom is -0.504 e. The van der Waals surface area contributed by atoms with Crippen molar-refractivity contribution in [3.63, 3.8) is 0 Å². The largest absolute Gasteiger partial charge is 0.504 e. The van der Waals surface area contributed by atoms with E-state index in [1.807, 2.05) is 12.1 Å². The van der Waals surface area contributed by atoms with Crippen molar-refractivity contribution in [2.75, 3.05) is 7.11 Å². The Balaban J connectivity index is 2.79. The lowest BCUT2D eigenvalue weighted by Gasteiger charge is -1.92. The molecule has 1 heterocycles. The van der Waals surface area contributed by atoms with Crippen LogP contribution in [0.4, 0.5) is 0 Å². The summed E-state index contributed by atoms with van der Waals surface area (Å²) >= 11 is 3.32. The van der Waals surface area contributed by atoms with Crippen molar-refractivity contribution in [3.05, 3.63) is 34.8 Å². The van der Waals surface area contributed by atoms with Gasteiger partial charge < -0.3 is 4.74 Å². The van der Waals surface area contributed by atoms with Gasteiger partial charge in [-0.2, -0.15) is 0 Å². The summed E-state index contributed by atoms with van der Waals surface area (Å²) in [4.78, 5) is 3.98. The summed E-state index contributed by atoms with van der Waals surface area (Å²) in [5.74, 6) is 0. The molecule has 0 unspecified atom stereocenters. The molecule has 0 aliphatic rings. The summed E-state index contributed by atoms with van der Waals surface area (Å²) in [6.07, 6.45) is 6.96. The van der Waals surface area contributed by atoms with Crippen LogP contribution in [0.1, 0.15) is 5.56 Å². The van der Waals surface area contributed by atoms with E-state index in [9.17, 15) is 0 Å². The topological polar surface area (TPSA) is 22.1 Å². The van der Waals surface area contributed by atoms with Crippen molar-refractivity contribution in [2.45, 2.75) is 0 Å². The fourth-order valence-corrected chi connectivity index (χ4v) is 1.05. The second-order valence-corrected chi connectivity index (χ2v) is 2.89. The Hall–Kier alpha value is -0.830. The Morgan fingerprint density at radius 3 is 3.00 bits per heavy atom. The van der Waals surface area contributed by atoms with Crippen LogP contribution in [-0.4, -0.2) is 12.1 Å². The van der Waals surface area contributed by atoms with E-state index in [0.717, 1.165) is 10.0 Å². The molecule has 1 rings (SSSR count). The molecule has 1 aromatic heterocycles. The van der Waals surface area contributed by atoms with Crippen LogP contribution < -0.4 is 0 Å². The zero-order valence-electron chi connectivity index (χ0n) is 6.12. The highest BCUT2D eigenvalue weighted by molar-refractivity contribution is 9.10. The quantitative estimate of drug-likeness (QED) is 0.705. The summed E-state index contributed by atoms with van der Waals surface area (Å²) in [5.41, 5.74) is 1.02. The number of methoxy groups -OCH3 is 1. The first-order valence-electron chi connectivity index (χ1n) is 3.13. The fourth-order valence-electron chi connectivity index (χ4n) is 0.666. The third-order valence-electron chi connectivity index (χ3n) is 1.12. The zero-order chi connectivity index (χ0) is 8.10. The fraction of sp³-hybridized carbons (Fsp3) is 0.125. The zero-order valence-corrected chi connectivity index (χ0v) is 7.71. The smallest absolute Gasteiger partial charge is 0.0831 e. The number of hydrogen-bond acceptors (Lipinski definition) is 2. The number of rotatable bonds is 2. The first-order valence-corrected chi connectivity index (χ1v) is 3.92. The molecule has 0 saturated heterocycles. The van der Waals surface area contributed by atoms with Crippen molar-refractivity contribution in [1.82, 2.24) is 4.98 Å². The number of pyridine rings is 1. The van der Waals surface area contributed by atoms with Gasteiger partial charge in [0, 0.05) is 16.9 Å². The highest BCUT2D eigenvalue weighted by atomic mass is 79.9. The summed E-state index contributed by atoms with van der Waals surface area (Å²) in [6, 6.07) is 1.96. The van der Waals surface area contributed by atoms with E-state index in [-0.39, 0.29) is 0 Å². The van der Waals surface area contributed by atoms with Gasteiger partial charge in [-0.25, -0.2) is 0 Å². The van der Waals surface area contributed by atoms with E-state index in [0.29, 0.717) is 0 Å². The maximum absolute atomic E-state index is 4.76. The van der Waals surface area contributed by atoms with Crippen LogP contribution in [0.25, 0.3) is 6.08 Å². The van der Waals surface area contributed by atoms with Crippen LogP contribution in [0.2, 0.25) is 0 Å². The number of nitrogens with zero attached hydrogens (tertiary/aromatic N) is 1. The van der Waals surface area contributed by atoms with Crippen LogP contribution in [0.5, 0.6) is 0 Å². The molecule has 0 saturated carbocycles. The molecular weight excluding hydrogens is 206 g/mol. The first-order chi connectivity index (χ1) is 5.33. The van der Waals surface area contributed by atoms with Crippen molar-refractivity contribution in [2.24, 2.45) is 0 Å². The van der Waals surface area contributed by atoms with Crippen molar-refractivity contribution >= 4 is 22.0 Å². The highest BCUT2D eigenvalue weighted by Crippen LogP contribution is 2.10. The van der Waals surface area contributed by atoms with Gasteiger partial charge in [0.05, 0.1) is 13.4 Å². The molecule has 0 fully saturated rings. The van der Waals surface area contributed by atoms with Crippen LogP contribution in [-0.2, 0) is 4.74 Å². The highest BCUT2D eigenvalue weighted by Gasteiger charge is 1.88. The van der Waals surface area contributed by atoms with E-state index in [1.54, 1.807) is 25.8 Å². The van der Waals surface area contributed by atoms with Crippen LogP contribution in [0.3, 0.4) is 0 Å². The van der Waals surface area contributed by atoms with Crippen molar-refractivity contribution in [3.8, 4) is 0 Å². The molecule has 0 atom stereocenters. The first kappa shape index (κ1) is 8.27. The Labute approximate surface area is 74.0 Å². The van der Waals surface area contributed by atoms with E-state index < -0.39 is 0 Å². The number of aromatic nitrogens is 1. The third-order valence-corrected chi connectivity index (χ3v) is 1.56. The second kappa shape index (κ2) is 4.13. The lowest BCUT2D eigenvalue weighted by atomic mass is 10.3. The summed E-state index contributed by atoms with van der Waals surface area (Å²) in [5, 5.41) is 0. The van der Waals surface area contributed by atoms with Crippen LogP contribution in [0.15, 0.2) is 29.2 Å².